The van der Waals surface area contributed by atoms with E-state index >= 15 is 0 Å². The van der Waals surface area contributed by atoms with Crippen molar-refractivity contribution in [1.29, 1.82) is 0 Å². The SMILES string of the molecule is CC(=O)N(CCN(C)C)c1ccc(N=C(c2ccc3c(c2)OC=CO3)c2c(O)[nH]c3cc(F)ccc23)cc1. The number of carbonyl (C=O) groups excluding carboxylic acids is 1. The molecule has 2 N–H and O–H groups in total. The van der Waals surface area contributed by atoms with Crippen molar-refractivity contribution in [2.45, 2.75) is 6.92 Å². The molecule has 0 aliphatic carbocycles. The zero-order chi connectivity index (χ0) is 26.8. The molecule has 4 aromatic rings. The van der Waals surface area contributed by atoms with Crippen LogP contribution in [0.15, 0.2) is 78.2 Å². The Morgan fingerprint density at radius 1 is 0.974 bits per heavy atom. The number of aliphatic imine (C=N–C) groups is 1. The van der Waals surface area contributed by atoms with Crippen molar-refractivity contribution < 1.29 is 23.8 Å². The summed E-state index contributed by atoms with van der Waals surface area (Å²) in [5.74, 6) is 0.436. The number of ether oxygens (including phenoxy) is 2. The molecule has 1 aliphatic rings. The van der Waals surface area contributed by atoms with Crippen LogP contribution in [0.2, 0.25) is 0 Å². The van der Waals surface area contributed by atoms with Gasteiger partial charge in [0, 0.05) is 36.7 Å². The molecule has 0 spiro atoms. The van der Waals surface area contributed by atoms with Crippen LogP contribution in [-0.2, 0) is 4.79 Å². The summed E-state index contributed by atoms with van der Waals surface area (Å²) in [6.45, 7) is 2.82. The minimum atomic E-state index is -0.421. The van der Waals surface area contributed by atoms with Crippen LogP contribution in [0, 0.1) is 5.82 Å². The zero-order valence-electron chi connectivity index (χ0n) is 21.2. The third kappa shape index (κ3) is 5.09. The van der Waals surface area contributed by atoms with E-state index in [1.165, 1.54) is 24.7 Å². The molecule has 0 bridgehead atoms. The molecule has 2 heterocycles. The second-order valence-electron chi connectivity index (χ2n) is 9.16. The number of hydrogen-bond donors (Lipinski definition) is 2. The van der Waals surface area contributed by atoms with Gasteiger partial charge in [-0.05, 0) is 74.8 Å². The molecule has 0 fully saturated rings. The Labute approximate surface area is 219 Å². The van der Waals surface area contributed by atoms with Gasteiger partial charge in [-0.15, -0.1) is 0 Å². The van der Waals surface area contributed by atoms with Crippen molar-refractivity contribution in [3.63, 3.8) is 0 Å². The first-order valence-electron chi connectivity index (χ1n) is 12.0. The highest BCUT2D eigenvalue weighted by Gasteiger charge is 2.21. The lowest BCUT2D eigenvalue weighted by Gasteiger charge is -2.23. The molecule has 0 radical (unpaired) electrons. The van der Waals surface area contributed by atoms with Crippen LogP contribution >= 0.6 is 0 Å². The van der Waals surface area contributed by atoms with Crippen molar-refractivity contribution in [2.24, 2.45) is 4.99 Å². The highest BCUT2D eigenvalue weighted by Crippen LogP contribution is 2.36. The summed E-state index contributed by atoms with van der Waals surface area (Å²) in [6, 6.07) is 16.9. The molecule has 0 saturated carbocycles. The van der Waals surface area contributed by atoms with E-state index in [4.69, 9.17) is 14.5 Å². The maximum absolute atomic E-state index is 13.9. The van der Waals surface area contributed by atoms with E-state index in [-0.39, 0.29) is 11.8 Å². The summed E-state index contributed by atoms with van der Waals surface area (Å²) in [5.41, 5.74) is 3.34. The smallest absolute Gasteiger partial charge is 0.223 e. The first-order chi connectivity index (χ1) is 18.3. The van der Waals surface area contributed by atoms with Crippen molar-refractivity contribution in [1.82, 2.24) is 9.88 Å². The third-order valence-electron chi connectivity index (χ3n) is 6.19. The molecule has 5 rings (SSSR count). The van der Waals surface area contributed by atoms with Crippen LogP contribution in [0.5, 0.6) is 17.4 Å². The van der Waals surface area contributed by atoms with Crippen LogP contribution in [0.1, 0.15) is 18.1 Å². The minimum absolute atomic E-state index is 0.0509. The van der Waals surface area contributed by atoms with Gasteiger partial charge in [-0.1, -0.05) is 0 Å². The molecular formula is C29H27FN4O4. The van der Waals surface area contributed by atoms with Gasteiger partial charge in [0.15, 0.2) is 17.4 Å². The van der Waals surface area contributed by atoms with Gasteiger partial charge in [0.25, 0.3) is 0 Å². The van der Waals surface area contributed by atoms with E-state index in [0.29, 0.717) is 51.5 Å². The number of fused-ring (bicyclic) bond motifs is 2. The number of aromatic nitrogens is 1. The quantitative estimate of drug-likeness (QED) is 0.325. The molecule has 38 heavy (non-hydrogen) atoms. The zero-order valence-corrected chi connectivity index (χ0v) is 21.2. The van der Waals surface area contributed by atoms with Gasteiger partial charge in [0.2, 0.25) is 5.91 Å². The molecule has 194 valence electrons. The Balaban J connectivity index is 1.60. The summed E-state index contributed by atoms with van der Waals surface area (Å²) in [7, 11) is 3.92. The van der Waals surface area contributed by atoms with Gasteiger partial charge in [-0.25, -0.2) is 9.38 Å². The largest absolute Gasteiger partial charge is 0.494 e. The van der Waals surface area contributed by atoms with Gasteiger partial charge < -0.3 is 29.4 Å². The maximum atomic E-state index is 13.9. The molecule has 1 aromatic heterocycles. The third-order valence-corrected chi connectivity index (χ3v) is 6.19. The van der Waals surface area contributed by atoms with Gasteiger partial charge >= 0.3 is 0 Å². The fourth-order valence-electron chi connectivity index (χ4n) is 4.31. The van der Waals surface area contributed by atoms with E-state index < -0.39 is 5.82 Å². The molecule has 8 nitrogen and oxygen atoms in total. The van der Waals surface area contributed by atoms with Crippen molar-refractivity contribution >= 4 is 33.9 Å². The number of carbonyl (C=O) groups is 1. The highest BCUT2D eigenvalue weighted by atomic mass is 19.1. The topological polar surface area (TPSA) is 90.4 Å². The standard InChI is InChI=1S/C29H27FN4O4/c1-18(35)34(13-12-33(2)3)22-8-6-21(7-9-22)31-28(19-4-11-25-26(16-19)38-15-14-37-25)27-23-10-5-20(30)17-24(23)32-29(27)36/h4-11,14-17,32,36H,12-13H2,1-3H3. The van der Waals surface area contributed by atoms with E-state index in [0.717, 1.165) is 12.2 Å². The van der Waals surface area contributed by atoms with Gasteiger partial charge in [-0.2, -0.15) is 0 Å². The van der Waals surface area contributed by atoms with Crippen LogP contribution in [0.25, 0.3) is 10.9 Å². The summed E-state index contributed by atoms with van der Waals surface area (Å²) in [4.78, 5) is 23.7. The van der Waals surface area contributed by atoms with E-state index in [2.05, 4.69) is 4.98 Å². The van der Waals surface area contributed by atoms with Crippen LogP contribution in [0.4, 0.5) is 15.8 Å². The minimum Gasteiger partial charge on any atom is -0.494 e. The van der Waals surface area contributed by atoms with Crippen LogP contribution < -0.4 is 14.4 Å². The molecule has 0 atom stereocenters. The molecule has 3 aromatic carbocycles. The number of halogens is 1. The van der Waals surface area contributed by atoms with E-state index in [1.807, 2.05) is 49.3 Å². The number of amides is 1. The first kappa shape index (κ1) is 25.0. The molecule has 0 unspecified atom stereocenters. The number of likely N-dealkylation sites (N-methyl/N-ethyl adjacent to an activating group) is 1. The molecular weight excluding hydrogens is 487 g/mol. The molecule has 1 amide bonds. The maximum Gasteiger partial charge on any atom is 0.223 e. The summed E-state index contributed by atoms with van der Waals surface area (Å²) >= 11 is 0. The Hall–Kier alpha value is -4.63. The number of benzene rings is 3. The number of nitrogens with zero attached hydrogens (tertiary/aromatic N) is 3. The lowest BCUT2D eigenvalue weighted by Crippen LogP contribution is -2.35. The van der Waals surface area contributed by atoms with E-state index in [1.54, 1.807) is 30.0 Å². The summed E-state index contributed by atoms with van der Waals surface area (Å²) < 4.78 is 25.0. The number of aromatic hydroxyl groups is 1. The lowest BCUT2D eigenvalue weighted by atomic mass is 10.00. The van der Waals surface area contributed by atoms with E-state index in [9.17, 15) is 14.3 Å². The Kier molecular flexibility index (Phi) is 6.85. The average Bonchev–Trinajstić information content (AvgIpc) is 3.22. The summed E-state index contributed by atoms with van der Waals surface area (Å²) in [5, 5.41) is 11.5. The Morgan fingerprint density at radius 3 is 2.42 bits per heavy atom. The fraction of sp³-hybridized carbons (Fsp3) is 0.172. The van der Waals surface area contributed by atoms with Gasteiger partial charge in [-0.3, -0.25) is 4.79 Å². The predicted molar refractivity (Wildman–Crippen MR) is 145 cm³/mol. The first-order valence-corrected chi connectivity index (χ1v) is 12.0. The van der Waals surface area contributed by atoms with Gasteiger partial charge in [0.1, 0.15) is 18.3 Å². The number of nitrogens with one attached hydrogen (secondary N) is 1. The second-order valence-corrected chi connectivity index (χ2v) is 9.16. The van der Waals surface area contributed by atoms with Crippen LogP contribution in [-0.4, -0.2) is 53.8 Å². The Morgan fingerprint density at radius 2 is 1.71 bits per heavy atom. The number of anilines is 1. The number of aromatic amines is 1. The number of rotatable bonds is 7. The normalized spacial score (nSPS) is 12.8. The summed E-state index contributed by atoms with van der Waals surface area (Å²) in [6.07, 6.45) is 2.88. The lowest BCUT2D eigenvalue weighted by molar-refractivity contribution is -0.116. The second kappa shape index (κ2) is 10.4. The van der Waals surface area contributed by atoms with Crippen LogP contribution in [0.3, 0.4) is 0 Å². The average molecular weight is 515 g/mol. The Bertz CT molecular complexity index is 1560. The number of hydrogen-bond acceptors (Lipinski definition) is 6. The van der Waals surface area contributed by atoms with Crippen molar-refractivity contribution in [2.75, 3.05) is 32.1 Å². The number of H-pyrrole nitrogens is 1. The monoisotopic (exact) mass is 514 g/mol. The molecule has 1 aliphatic heterocycles. The van der Waals surface area contributed by atoms with Crippen molar-refractivity contribution in [3.8, 4) is 17.4 Å². The molecule has 9 heteroatoms. The predicted octanol–water partition coefficient (Wildman–Crippen LogP) is 5.34. The van der Waals surface area contributed by atoms with Crippen molar-refractivity contribution in [3.05, 3.63) is 90.1 Å². The highest BCUT2D eigenvalue weighted by molar-refractivity contribution is 6.22. The fourth-order valence-corrected chi connectivity index (χ4v) is 4.31. The van der Waals surface area contributed by atoms with Gasteiger partial charge in [0.05, 0.1) is 22.5 Å². The molecule has 0 saturated heterocycles.